The zero-order chi connectivity index (χ0) is 25.6. The molecule has 2 aliphatic heterocycles. The van der Waals surface area contributed by atoms with Gasteiger partial charge < -0.3 is 24.5 Å². The van der Waals surface area contributed by atoms with Crippen LogP contribution in [0.5, 0.6) is 5.75 Å². The van der Waals surface area contributed by atoms with Gasteiger partial charge in [0.1, 0.15) is 5.69 Å². The second-order valence-corrected chi connectivity index (χ2v) is 9.27. The average molecular weight is 520 g/mol. The van der Waals surface area contributed by atoms with Crippen molar-refractivity contribution in [2.75, 3.05) is 25.0 Å². The van der Waals surface area contributed by atoms with E-state index in [-0.39, 0.29) is 47.3 Å². The van der Waals surface area contributed by atoms with Crippen molar-refractivity contribution in [3.63, 3.8) is 0 Å². The molecule has 0 radical (unpaired) electrons. The number of amides is 2. The fourth-order valence-corrected chi connectivity index (χ4v) is 5.16. The average Bonchev–Trinajstić information content (AvgIpc) is 3.37. The van der Waals surface area contributed by atoms with Crippen molar-refractivity contribution < 1.29 is 27.5 Å². The molecule has 10 nitrogen and oxygen atoms in total. The molecule has 4 heterocycles. The van der Waals surface area contributed by atoms with E-state index in [2.05, 4.69) is 20.0 Å². The van der Waals surface area contributed by atoms with Crippen LogP contribution in [0, 0.1) is 23.4 Å². The van der Waals surface area contributed by atoms with E-state index in [9.17, 15) is 27.6 Å². The Hall–Kier alpha value is -3.78. The van der Waals surface area contributed by atoms with Crippen molar-refractivity contribution >= 4 is 29.4 Å². The molecule has 1 fully saturated rings. The molecule has 5 rings (SSSR count). The number of aromatic amines is 1. The quantitative estimate of drug-likeness (QED) is 0.356. The molecular weight excluding hydrogens is 501 g/mol. The van der Waals surface area contributed by atoms with Crippen LogP contribution in [0.3, 0.4) is 0 Å². The maximum absolute atomic E-state index is 13.6. The number of rotatable bonds is 3. The molecule has 2 aliphatic rings. The highest BCUT2D eigenvalue weighted by molar-refractivity contribution is 7.97. The van der Waals surface area contributed by atoms with Gasteiger partial charge in [-0.15, -0.1) is 0 Å². The number of likely N-dealkylation sites (tertiary alicyclic amines) is 1. The van der Waals surface area contributed by atoms with Crippen LogP contribution in [0.1, 0.15) is 21.0 Å². The smallest absolute Gasteiger partial charge is 0.276 e. The molecular formula is C22H19F3N6O4S. The number of carbonyl (C=O) groups excluding carboxylic acids is 2. The van der Waals surface area contributed by atoms with E-state index in [0.717, 1.165) is 6.20 Å². The van der Waals surface area contributed by atoms with Gasteiger partial charge in [0, 0.05) is 62.3 Å². The summed E-state index contributed by atoms with van der Waals surface area (Å²) in [5, 5.41) is 2.37. The van der Waals surface area contributed by atoms with E-state index in [0.29, 0.717) is 30.1 Å². The molecule has 2 atom stereocenters. The Kier molecular flexibility index (Phi) is 6.22. The number of benzene rings is 1. The van der Waals surface area contributed by atoms with Gasteiger partial charge in [0.25, 0.3) is 17.4 Å². The number of H-pyrrole nitrogens is 1. The van der Waals surface area contributed by atoms with Crippen LogP contribution in [0.4, 0.5) is 18.9 Å². The van der Waals surface area contributed by atoms with Crippen LogP contribution in [0.2, 0.25) is 0 Å². The van der Waals surface area contributed by atoms with Crippen molar-refractivity contribution in [2.45, 2.75) is 10.9 Å². The first-order valence-corrected chi connectivity index (χ1v) is 11.6. The van der Waals surface area contributed by atoms with Gasteiger partial charge in [-0.1, -0.05) is 0 Å². The zero-order valence-electron chi connectivity index (χ0n) is 18.7. The Morgan fingerprint density at radius 1 is 1.22 bits per heavy atom. The van der Waals surface area contributed by atoms with Crippen LogP contribution < -0.4 is 20.3 Å². The highest BCUT2D eigenvalue weighted by atomic mass is 32.2. The molecule has 0 aliphatic carbocycles. The zero-order valence-corrected chi connectivity index (χ0v) is 19.5. The van der Waals surface area contributed by atoms with Gasteiger partial charge >= 0.3 is 0 Å². The maximum Gasteiger partial charge on any atom is 0.276 e. The van der Waals surface area contributed by atoms with E-state index in [1.807, 2.05) is 0 Å². The van der Waals surface area contributed by atoms with Gasteiger partial charge in [-0.25, -0.2) is 18.2 Å². The molecule has 2 unspecified atom stereocenters. The normalized spacial score (nSPS) is 19.1. The molecule has 2 amide bonds. The minimum absolute atomic E-state index is 0.103. The van der Waals surface area contributed by atoms with E-state index >= 15 is 0 Å². The SMILES string of the molecule is Cn1cc2c(c1C(=O)Nc1cc(F)c(F)c(F)c1)OCC1CN(C(=O)c3c[nH]c(=O)cn3)CC1NS2. The Morgan fingerprint density at radius 2 is 1.97 bits per heavy atom. The third kappa shape index (κ3) is 4.44. The van der Waals surface area contributed by atoms with E-state index in [1.54, 1.807) is 18.1 Å². The predicted octanol–water partition coefficient (Wildman–Crippen LogP) is 1.91. The van der Waals surface area contributed by atoms with E-state index in [4.69, 9.17) is 4.74 Å². The summed E-state index contributed by atoms with van der Waals surface area (Å²) in [6.07, 6.45) is 3.97. The van der Waals surface area contributed by atoms with Gasteiger partial charge in [0.2, 0.25) is 0 Å². The van der Waals surface area contributed by atoms with Gasteiger partial charge in [-0.2, -0.15) is 0 Å². The summed E-state index contributed by atoms with van der Waals surface area (Å²) < 4.78 is 51.2. The molecule has 36 heavy (non-hydrogen) atoms. The monoisotopic (exact) mass is 520 g/mol. The standard InChI is InChI=1S/C22H19F3N6O4S/c1-30-8-16-20(19(30)21(33)28-11-2-12(23)18(25)13(24)3-11)35-9-10-6-31(7-15(10)29-36-16)22(34)14-4-27-17(32)5-26-14/h2-5,8,10,15,29H,6-7,9H2,1H3,(H,27,32)(H,28,33). The van der Waals surface area contributed by atoms with Crippen molar-refractivity contribution in [3.05, 3.63) is 69.9 Å². The van der Waals surface area contributed by atoms with E-state index in [1.165, 1.54) is 22.7 Å². The fourth-order valence-electron chi connectivity index (χ4n) is 4.16. The summed E-state index contributed by atoms with van der Waals surface area (Å²) in [5.74, 6) is -5.36. The predicted molar refractivity (Wildman–Crippen MR) is 122 cm³/mol. The number of carbonyl (C=O) groups is 2. The van der Waals surface area contributed by atoms with Crippen molar-refractivity contribution in [1.29, 1.82) is 0 Å². The van der Waals surface area contributed by atoms with Crippen molar-refractivity contribution in [1.82, 2.24) is 24.2 Å². The fraction of sp³-hybridized carbons (Fsp3) is 0.273. The molecule has 1 aromatic carbocycles. The van der Waals surface area contributed by atoms with Gasteiger partial charge in [0.05, 0.1) is 17.7 Å². The number of halogens is 3. The van der Waals surface area contributed by atoms with Crippen molar-refractivity contribution in [3.8, 4) is 5.75 Å². The summed E-state index contributed by atoms with van der Waals surface area (Å²) in [5.41, 5.74) is -0.433. The van der Waals surface area contributed by atoms with Crippen LogP contribution >= 0.6 is 11.9 Å². The van der Waals surface area contributed by atoms with Gasteiger partial charge in [-0.05, 0) is 11.9 Å². The Morgan fingerprint density at radius 3 is 2.67 bits per heavy atom. The lowest BCUT2D eigenvalue weighted by molar-refractivity contribution is 0.0776. The summed E-state index contributed by atoms with van der Waals surface area (Å²) in [7, 11) is 1.62. The lowest BCUT2D eigenvalue weighted by Gasteiger charge is -2.23. The lowest BCUT2D eigenvalue weighted by atomic mass is 10.1. The van der Waals surface area contributed by atoms with Gasteiger partial charge in [-0.3, -0.25) is 19.1 Å². The minimum Gasteiger partial charge on any atom is -0.489 e. The summed E-state index contributed by atoms with van der Waals surface area (Å²) in [4.78, 5) is 45.5. The second kappa shape index (κ2) is 9.35. The molecule has 0 spiro atoms. The molecule has 3 aromatic rings. The van der Waals surface area contributed by atoms with E-state index < -0.39 is 28.9 Å². The Bertz CT molecular complexity index is 1380. The summed E-state index contributed by atoms with van der Waals surface area (Å²) >= 11 is 1.23. The number of ether oxygens (including phenoxy) is 1. The minimum atomic E-state index is -1.63. The topological polar surface area (TPSA) is 121 Å². The number of aryl methyl sites for hydroxylation is 1. The third-order valence-electron chi connectivity index (χ3n) is 5.94. The largest absolute Gasteiger partial charge is 0.489 e. The molecule has 0 saturated carbocycles. The first kappa shape index (κ1) is 23.9. The second-order valence-electron chi connectivity index (χ2n) is 8.39. The first-order valence-electron chi connectivity index (χ1n) is 10.8. The van der Waals surface area contributed by atoms with Crippen LogP contribution in [0.25, 0.3) is 0 Å². The number of hydrogen-bond acceptors (Lipinski definition) is 7. The highest BCUT2D eigenvalue weighted by Crippen LogP contribution is 2.37. The summed E-state index contributed by atoms with van der Waals surface area (Å²) in [6.45, 7) is 0.922. The molecule has 3 N–H and O–H groups in total. The van der Waals surface area contributed by atoms with Crippen LogP contribution in [-0.4, -0.2) is 57.0 Å². The molecule has 188 valence electrons. The molecule has 2 aromatic heterocycles. The Labute approximate surface area is 206 Å². The lowest BCUT2D eigenvalue weighted by Crippen LogP contribution is -2.36. The Balaban J connectivity index is 1.32. The molecule has 1 saturated heterocycles. The molecule has 0 bridgehead atoms. The number of hydrogen-bond donors (Lipinski definition) is 3. The van der Waals surface area contributed by atoms with Crippen LogP contribution in [-0.2, 0) is 7.05 Å². The van der Waals surface area contributed by atoms with Gasteiger partial charge in [0.15, 0.2) is 28.9 Å². The number of aromatic nitrogens is 3. The number of nitrogens with one attached hydrogen (secondary N) is 3. The van der Waals surface area contributed by atoms with Crippen LogP contribution in [0.15, 0.2) is 40.4 Å². The highest BCUT2D eigenvalue weighted by Gasteiger charge is 2.39. The number of anilines is 1. The number of fused-ring (bicyclic) bond motifs is 2. The number of nitrogens with zero attached hydrogens (tertiary/aromatic N) is 3. The molecule has 14 heteroatoms. The first-order chi connectivity index (χ1) is 17.2. The third-order valence-corrected chi connectivity index (χ3v) is 6.87. The summed E-state index contributed by atoms with van der Waals surface area (Å²) in [6, 6.07) is 1.26. The maximum atomic E-state index is 13.6. The van der Waals surface area contributed by atoms with Crippen molar-refractivity contribution in [2.24, 2.45) is 13.0 Å².